The third-order valence-electron chi connectivity index (χ3n) is 4.04. The van der Waals surface area contributed by atoms with E-state index in [-0.39, 0.29) is 22.0 Å². The third kappa shape index (κ3) is 3.55. The molecule has 2 N–H and O–H groups in total. The Morgan fingerprint density at radius 1 is 1.43 bits per heavy atom. The van der Waals surface area contributed by atoms with Crippen molar-refractivity contribution in [3.8, 4) is 0 Å². The number of allylic oxidation sites excluding steroid dienone is 4. The summed E-state index contributed by atoms with van der Waals surface area (Å²) in [6.07, 6.45) is 4.20. The molecule has 146 valence electrons. The van der Waals surface area contributed by atoms with Crippen LogP contribution in [0.15, 0.2) is 47.4 Å². The van der Waals surface area contributed by atoms with Crippen LogP contribution >= 0.6 is 0 Å². The van der Waals surface area contributed by atoms with Crippen molar-refractivity contribution in [2.24, 2.45) is 0 Å². The molecule has 3 aromatic heterocycles. The summed E-state index contributed by atoms with van der Waals surface area (Å²) in [7, 11) is -1.82. The van der Waals surface area contributed by atoms with Gasteiger partial charge >= 0.3 is 0 Å². The fourth-order valence-electron chi connectivity index (χ4n) is 2.75. The van der Waals surface area contributed by atoms with Gasteiger partial charge in [-0.15, -0.1) is 0 Å². The van der Waals surface area contributed by atoms with Crippen molar-refractivity contribution < 1.29 is 13.0 Å². The van der Waals surface area contributed by atoms with Gasteiger partial charge in [0.05, 0.1) is 21.9 Å². The van der Waals surface area contributed by atoms with Crippen LogP contribution in [-0.2, 0) is 16.6 Å². The second-order valence-corrected chi connectivity index (χ2v) is 7.34. The van der Waals surface area contributed by atoms with Gasteiger partial charge in [-0.25, -0.2) is 8.78 Å². The number of aryl methyl sites for hydroxylation is 1. The number of nitrogens with one attached hydrogen (secondary N) is 2. The fourth-order valence-corrected chi connectivity index (χ4v) is 3.93. The minimum absolute atomic E-state index is 0.0191. The summed E-state index contributed by atoms with van der Waals surface area (Å²) in [6, 6.07) is 3.43. The van der Waals surface area contributed by atoms with Gasteiger partial charge in [-0.3, -0.25) is 24.3 Å². The smallest absolute Gasteiger partial charge is 0.207 e. The van der Waals surface area contributed by atoms with Crippen LogP contribution in [0.4, 0.5) is 8.78 Å². The summed E-state index contributed by atoms with van der Waals surface area (Å²) in [5, 5.41) is 15.4. The van der Waals surface area contributed by atoms with Crippen LogP contribution in [0.5, 0.6) is 0 Å². The topological polar surface area (TPSA) is 100 Å². The number of pyridine rings is 1. The van der Waals surface area contributed by atoms with Crippen LogP contribution in [0.2, 0.25) is 0 Å². The monoisotopic (exact) mass is 404 g/mol. The zero-order valence-corrected chi connectivity index (χ0v) is 16.3. The van der Waals surface area contributed by atoms with E-state index in [1.54, 1.807) is 31.5 Å². The number of aromatic nitrogens is 5. The summed E-state index contributed by atoms with van der Waals surface area (Å²) in [5.74, 6) is -1.73. The first-order chi connectivity index (χ1) is 13.3. The molecule has 0 saturated heterocycles. The van der Waals surface area contributed by atoms with E-state index in [0.717, 1.165) is 17.6 Å². The molecule has 0 spiro atoms. The van der Waals surface area contributed by atoms with Crippen LogP contribution in [0.3, 0.4) is 0 Å². The van der Waals surface area contributed by atoms with Gasteiger partial charge in [0.2, 0.25) is 5.16 Å². The van der Waals surface area contributed by atoms with Crippen molar-refractivity contribution in [2.75, 3.05) is 0 Å². The molecule has 0 bridgehead atoms. The van der Waals surface area contributed by atoms with Crippen molar-refractivity contribution in [1.29, 1.82) is 5.41 Å². The van der Waals surface area contributed by atoms with E-state index in [4.69, 9.17) is 5.41 Å². The highest BCUT2D eigenvalue weighted by Crippen LogP contribution is 2.25. The lowest BCUT2D eigenvalue weighted by Gasteiger charge is -2.15. The number of halogens is 2. The van der Waals surface area contributed by atoms with Crippen molar-refractivity contribution in [3.05, 3.63) is 59.0 Å². The van der Waals surface area contributed by atoms with Gasteiger partial charge in [0, 0.05) is 18.1 Å². The Morgan fingerprint density at radius 2 is 2.18 bits per heavy atom. The lowest BCUT2D eigenvalue weighted by Crippen LogP contribution is -2.27. The van der Waals surface area contributed by atoms with E-state index in [1.165, 1.54) is 6.92 Å². The van der Waals surface area contributed by atoms with Gasteiger partial charge < -0.3 is 0 Å². The van der Waals surface area contributed by atoms with Crippen molar-refractivity contribution in [1.82, 2.24) is 24.7 Å². The Labute approximate surface area is 161 Å². The Bertz CT molecular complexity index is 1180. The van der Waals surface area contributed by atoms with Gasteiger partial charge in [-0.05, 0) is 38.5 Å². The lowest BCUT2D eigenvalue weighted by atomic mass is 10.2. The van der Waals surface area contributed by atoms with Gasteiger partial charge in [-0.2, -0.15) is 10.1 Å². The van der Waals surface area contributed by atoms with E-state index in [2.05, 4.69) is 20.2 Å². The number of aromatic amines is 1. The van der Waals surface area contributed by atoms with Crippen LogP contribution in [-0.4, -0.2) is 28.9 Å². The van der Waals surface area contributed by atoms with Crippen LogP contribution in [0.25, 0.3) is 16.7 Å². The SMILES string of the molecule is CC=C(F)C(=C(C)F)n1c(S(=O)Cc2cccnc2)nc2n[nH]c(C)c2c1=N. The summed E-state index contributed by atoms with van der Waals surface area (Å²) in [5.41, 5.74) is 0.576. The molecular weight excluding hydrogens is 386 g/mol. The average molecular weight is 404 g/mol. The molecular formula is C18H18F2N6OS. The molecule has 0 amide bonds. The maximum absolute atomic E-state index is 14.5. The zero-order chi connectivity index (χ0) is 20.4. The Morgan fingerprint density at radius 3 is 2.79 bits per heavy atom. The molecule has 7 nitrogen and oxygen atoms in total. The number of hydrogen-bond donors (Lipinski definition) is 2. The van der Waals surface area contributed by atoms with E-state index < -0.39 is 28.2 Å². The molecule has 0 saturated carbocycles. The highest BCUT2D eigenvalue weighted by Gasteiger charge is 2.23. The van der Waals surface area contributed by atoms with Crippen molar-refractivity contribution in [3.63, 3.8) is 0 Å². The molecule has 0 aliphatic heterocycles. The number of H-pyrrole nitrogens is 1. The Balaban J connectivity index is 2.31. The lowest BCUT2D eigenvalue weighted by molar-refractivity contribution is 0.592. The van der Waals surface area contributed by atoms with E-state index in [0.29, 0.717) is 16.6 Å². The second-order valence-electron chi connectivity index (χ2n) is 6.00. The quantitative estimate of drug-likeness (QED) is 0.503. The minimum Gasteiger partial charge on any atom is -0.283 e. The first kappa shape index (κ1) is 19.7. The molecule has 1 unspecified atom stereocenters. The molecule has 3 heterocycles. The van der Waals surface area contributed by atoms with Gasteiger partial charge in [-0.1, -0.05) is 6.07 Å². The molecule has 0 fully saturated rings. The first-order valence-electron chi connectivity index (χ1n) is 8.33. The van der Waals surface area contributed by atoms with Crippen LogP contribution in [0, 0.1) is 12.3 Å². The average Bonchev–Trinajstić information content (AvgIpc) is 3.05. The number of hydrogen-bond acceptors (Lipinski definition) is 5. The molecule has 3 rings (SSSR count). The van der Waals surface area contributed by atoms with Crippen molar-refractivity contribution in [2.45, 2.75) is 31.7 Å². The standard InChI is InChI=1S/C18H18F2N6OS/c1-4-13(20)15(10(2)19)26-16(21)14-11(3)24-25-17(14)23-18(26)28(27)9-12-6-5-7-22-8-12/h4-8,21H,9H2,1-3H3,(H,24,25). The normalized spacial score (nSPS) is 14.2. The summed E-state index contributed by atoms with van der Waals surface area (Å²) in [6.45, 7) is 4.15. The fraction of sp³-hybridized carbons (Fsp3) is 0.222. The van der Waals surface area contributed by atoms with Crippen molar-refractivity contribution >= 4 is 27.5 Å². The highest BCUT2D eigenvalue weighted by atomic mass is 32.2. The maximum Gasteiger partial charge on any atom is 0.207 e. The van der Waals surface area contributed by atoms with Gasteiger partial charge in [0.25, 0.3) is 0 Å². The molecule has 0 aromatic carbocycles. The maximum atomic E-state index is 14.5. The zero-order valence-electron chi connectivity index (χ0n) is 15.5. The predicted molar refractivity (Wildman–Crippen MR) is 102 cm³/mol. The third-order valence-corrected chi connectivity index (χ3v) is 5.31. The van der Waals surface area contributed by atoms with E-state index in [1.807, 2.05) is 0 Å². The van der Waals surface area contributed by atoms with E-state index >= 15 is 0 Å². The van der Waals surface area contributed by atoms with Gasteiger partial charge in [0.1, 0.15) is 22.8 Å². The van der Waals surface area contributed by atoms with Crippen LogP contribution in [0.1, 0.15) is 25.1 Å². The minimum atomic E-state index is -1.82. The molecule has 1 atom stereocenters. The highest BCUT2D eigenvalue weighted by molar-refractivity contribution is 7.84. The molecule has 3 aromatic rings. The number of fused-ring (bicyclic) bond motifs is 1. The molecule has 28 heavy (non-hydrogen) atoms. The summed E-state index contributed by atoms with van der Waals surface area (Å²) >= 11 is 0. The first-order valence-corrected chi connectivity index (χ1v) is 9.65. The van der Waals surface area contributed by atoms with E-state index in [9.17, 15) is 13.0 Å². The molecule has 10 heteroatoms. The summed E-state index contributed by atoms with van der Waals surface area (Å²) in [4.78, 5) is 8.23. The number of nitrogens with zero attached hydrogens (tertiary/aromatic N) is 4. The molecule has 0 radical (unpaired) electrons. The second kappa shape index (κ2) is 7.93. The largest absolute Gasteiger partial charge is 0.283 e. The predicted octanol–water partition coefficient (Wildman–Crippen LogP) is 3.28. The Hall–Kier alpha value is -3.01. The molecule has 0 aliphatic rings. The summed E-state index contributed by atoms with van der Waals surface area (Å²) < 4.78 is 42.8. The number of rotatable bonds is 5. The Kier molecular flexibility index (Phi) is 5.59. The molecule has 0 aliphatic carbocycles. The van der Waals surface area contributed by atoms with Crippen LogP contribution < -0.4 is 5.49 Å². The van der Waals surface area contributed by atoms with Gasteiger partial charge in [0.15, 0.2) is 5.65 Å².